The molecule has 0 radical (unpaired) electrons. The van der Waals surface area contributed by atoms with Gasteiger partial charge in [-0.1, -0.05) is 31.4 Å². The van der Waals surface area contributed by atoms with E-state index in [0.29, 0.717) is 5.69 Å². The van der Waals surface area contributed by atoms with E-state index in [1.165, 1.54) is 17.5 Å². The highest BCUT2D eigenvalue weighted by atomic mass is 35.5. The van der Waals surface area contributed by atoms with Crippen molar-refractivity contribution in [3.63, 3.8) is 0 Å². The van der Waals surface area contributed by atoms with Crippen molar-refractivity contribution in [2.24, 2.45) is 7.05 Å². The molecule has 0 bridgehead atoms. The molecule has 0 aliphatic carbocycles. The molecule has 0 aromatic carbocycles. The van der Waals surface area contributed by atoms with E-state index in [1.54, 1.807) is 13.2 Å². The number of nitrogens with zero attached hydrogens (tertiary/aromatic N) is 2. The monoisotopic (exact) mass is 229 g/mol. The van der Waals surface area contributed by atoms with Crippen LogP contribution in [-0.2, 0) is 7.05 Å². The summed E-state index contributed by atoms with van der Waals surface area (Å²) in [6.07, 6.45) is 4.99. The van der Waals surface area contributed by atoms with Gasteiger partial charge in [-0.25, -0.2) is 4.68 Å². The molecular weight excluding hydrogens is 214 g/mol. The minimum absolute atomic E-state index is 0.212. The van der Waals surface area contributed by atoms with Crippen LogP contribution in [0.25, 0.3) is 0 Å². The van der Waals surface area contributed by atoms with Crippen molar-refractivity contribution < 1.29 is 0 Å². The summed E-state index contributed by atoms with van der Waals surface area (Å²) in [5, 5.41) is 7.22. The Balaban J connectivity index is 2.62. The third-order valence-electron chi connectivity index (χ3n) is 2.17. The van der Waals surface area contributed by atoms with Crippen molar-refractivity contribution in [1.82, 2.24) is 9.78 Å². The van der Waals surface area contributed by atoms with Gasteiger partial charge in [-0.05, 0) is 6.42 Å². The highest BCUT2D eigenvalue weighted by molar-refractivity contribution is 6.32. The first-order valence-electron chi connectivity index (χ1n) is 5.12. The quantitative estimate of drug-likeness (QED) is 0.786. The maximum absolute atomic E-state index is 11.4. The number of aromatic nitrogens is 2. The van der Waals surface area contributed by atoms with Crippen LogP contribution in [0.1, 0.15) is 26.2 Å². The van der Waals surface area contributed by atoms with Gasteiger partial charge in [0.2, 0.25) is 0 Å². The zero-order valence-corrected chi connectivity index (χ0v) is 9.84. The van der Waals surface area contributed by atoms with Gasteiger partial charge in [-0.3, -0.25) is 4.79 Å². The zero-order valence-electron chi connectivity index (χ0n) is 9.09. The Bertz CT molecular complexity index is 375. The number of hydrogen-bond acceptors (Lipinski definition) is 3. The van der Waals surface area contributed by atoms with Crippen LogP contribution < -0.4 is 10.9 Å². The molecule has 1 aromatic rings. The van der Waals surface area contributed by atoms with Crippen LogP contribution in [0.5, 0.6) is 0 Å². The van der Waals surface area contributed by atoms with Gasteiger partial charge < -0.3 is 5.32 Å². The Kier molecular flexibility index (Phi) is 4.62. The number of rotatable bonds is 5. The van der Waals surface area contributed by atoms with Crippen molar-refractivity contribution >= 4 is 17.3 Å². The van der Waals surface area contributed by atoms with Gasteiger partial charge in [0.15, 0.2) is 0 Å². The third kappa shape index (κ3) is 3.23. The fraction of sp³-hybridized carbons (Fsp3) is 0.600. The summed E-state index contributed by atoms with van der Waals surface area (Å²) in [6.45, 7) is 2.97. The van der Waals surface area contributed by atoms with Gasteiger partial charge in [0.25, 0.3) is 5.56 Å². The molecular formula is C10H16ClN3O. The van der Waals surface area contributed by atoms with E-state index < -0.39 is 0 Å². The molecule has 1 aromatic heterocycles. The topological polar surface area (TPSA) is 46.9 Å². The minimum atomic E-state index is -0.267. The number of nitrogens with one attached hydrogen (secondary N) is 1. The van der Waals surface area contributed by atoms with E-state index in [1.807, 2.05) is 0 Å². The van der Waals surface area contributed by atoms with Gasteiger partial charge in [0.05, 0.1) is 11.9 Å². The molecule has 1 N–H and O–H groups in total. The fourth-order valence-electron chi connectivity index (χ4n) is 1.23. The molecule has 1 rings (SSSR count). The Hall–Kier alpha value is -1.03. The molecule has 0 atom stereocenters. The molecule has 0 spiro atoms. The van der Waals surface area contributed by atoms with Crippen LogP contribution in [0.2, 0.25) is 5.02 Å². The van der Waals surface area contributed by atoms with Crippen molar-refractivity contribution in [2.75, 3.05) is 11.9 Å². The molecule has 4 nitrogen and oxygen atoms in total. The molecule has 15 heavy (non-hydrogen) atoms. The smallest absolute Gasteiger partial charge is 0.287 e. The molecule has 0 unspecified atom stereocenters. The van der Waals surface area contributed by atoms with E-state index in [4.69, 9.17) is 11.6 Å². The number of aryl methyl sites for hydroxylation is 1. The van der Waals surface area contributed by atoms with E-state index in [0.717, 1.165) is 13.0 Å². The lowest BCUT2D eigenvalue weighted by Crippen LogP contribution is -2.21. The number of unbranched alkanes of at least 4 members (excludes halogenated alkanes) is 2. The Morgan fingerprint density at radius 2 is 2.27 bits per heavy atom. The lowest BCUT2D eigenvalue weighted by atomic mass is 10.2. The van der Waals surface area contributed by atoms with Gasteiger partial charge in [0, 0.05) is 13.6 Å². The van der Waals surface area contributed by atoms with Crippen molar-refractivity contribution in [1.29, 1.82) is 0 Å². The Morgan fingerprint density at radius 1 is 1.53 bits per heavy atom. The zero-order chi connectivity index (χ0) is 11.3. The van der Waals surface area contributed by atoms with Gasteiger partial charge in [-0.15, -0.1) is 0 Å². The van der Waals surface area contributed by atoms with E-state index in [9.17, 15) is 4.79 Å². The van der Waals surface area contributed by atoms with Gasteiger partial charge in [0.1, 0.15) is 5.02 Å². The highest BCUT2D eigenvalue weighted by Crippen LogP contribution is 2.14. The second kappa shape index (κ2) is 5.75. The summed E-state index contributed by atoms with van der Waals surface area (Å²) in [5.41, 5.74) is 0.355. The molecule has 0 saturated carbocycles. The average Bonchev–Trinajstić information content (AvgIpc) is 2.24. The molecule has 0 aliphatic heterocycles. The third-order valence-corrected chi connectivity index (χ3v) is 2.54. The minimum Gasteiger partial charge on any atom is -0.382 e. The van der Waals surface area contributed by atoms with Crippen molar-refractivity contribution in [2.45, 2.75) is 26.2 Å². The lowest BCUT2D eigenvalue weighted by molar-refractivity contribution is 0.705. The van der Waals surface area contributed by atoms with Crippen LogP contribution in [0.3, 0.4) is 0 Å². The molecule has 1 heterocycles. The maximum atomic E-state index is 11.4. The van der Waals surface area contributed by atoms with Crippen LogP contribution in [-0.4, -0.2) is 16.3 Å². The second-order valence-corrected chi connectivity index (χ2v) is 3.81. The van der Waals surface area contributed by atoms with Crippen molar-refractivity contribution in [3.8, 4) is 0 Å². The first-order valence-corrected chi connectivity index (χ1v) is 5.50. The van der Waals surface area contributed by atoms with Crippen molar-refractivity contribution in [3.05, 3.63) is 21.6 Å². The average molecular weight is 230 g/mol. The lowest BCUT2D eigenvalue weighted by Gasteiger charge is -2.07. The van der Waals surface area contributed by atoms with E-state index >= 15 is 0 Å². The number of hydrogen-bond donors (Lipinski definition) is 1. The second-order valence-electron chi connectivity index (χ2n) is 3.43. The predicted molar refractivity (Wildman–Crippen MR) is 62.5 cm³/mol. The molecule has 84 valence electrons. The largest absolute Gasteiger partial charge is 0.382 e. The summed E-state index contributed by atoms with van der Waals surface area (Å²) in [6, 6.07) is 0. The first-order chi connectivity index (χ1) is 7.16. The van der Waals surface area contributed by atoms with Crippen LogP contribution in [0.4, 0.5) is 5.69 Å². The Morgan fingerprint density at radius 3 is 2.93 bits per heavy atom. The van der Waals surface area contributed by atoms with Gasteiger partial charge >= 0.3 is 0 Å². The number of anilines is 1. The normalized spacial score (nSPS) is 10.3. The Labute approximate surface area is 94.3 Å². The SMILES string of the molecule is CCCCCNc1cnn(C)c(=O)c1Cl. The van der Waals surface area contributed by atoms with Crippen LogP contribution in [0.15, 0.2) is 11.0 Å². The molecule has 0 aliphatic rings. The standard InChI is InChI=1S/C10H16ClN3O/c1-3-4-5-6-12-8-7-13-14(2)10(15)9(8)11/h7,12H,3-6H2,1-2H3. The summed E-state index contributed by atoms with van der Waals surface area (Å²) in [4.78, 5) is 11.4. The molecule has 0 amide bonds. The molecule has 5 heteroatoms. The summed E-state index contributed by atoms with van der Waals surface area (Å²) < 4.78 is 1.22. The van der Waals surface area contributed by atoms with E-state index in [-0.39, 0.29) is 10.6 Å². The summed E-state index contributed by atoms with van der Waals surface area (Å²) >= 11 is 5.88. The first kappa shape index (κ1) is 12.0. The van der Waals surface area contributed by atoms with Gasteiger partial charge in [-0.2, -0.15) is 5.10 Å². The van der Waals surface area contributed by atoms with Crippen LogP contribution >= 0.6 is 11.6 Å². The van der Waals surface area contributed by atoms with Crippen LogP contribution in [0, 0.1) is 0 Å². The number of halogens is 1. The predicted octanol–water partition coefficient (Wildman–Crippen LogP) is 2.04. The maximum Gasteiger partial charge on any atom is 0.287 e. The fourth-order valence-corrected chi connectivity index (χ4v) is 1.47. The van der Waals surface area contributed by atoms with E-state index in [2.05, 4.69) is 17.3 Å². The molecule has 0 saturated heterocycles. The highest BCUT2D eigenvalue weighted by Gasteiger charge is 2.05. The summed E-state index contributed by atoms with van der Waals surface area (Å²) in [5.74, 6) is 0. The molecule has 0 fully saturated rings. The summed E-state index contributed by atoms with van der Waals surface area (Å²) in [7, 11) is 1.58.